The molecule has 1 aromatic rings. The molecular formula is C10H7NOS2. The second-order valence-electron chi connectivity index (χ2n) is 2.77. The van der Waals surface area contributed by atoms with Gasteiger partial charge in [0.05, 0.1) is 10.6 Å². The fraction of sp³-hybridized carbons (Fsp3) is 0. The zero-order chi connectivity index (χ0) is 10.1. The van der Waals surface area contributed by atoms with Crippen LogP contribution in [0.4, 0.5) is 5.69 Å². The van der Waals surface area contributed by atoms with E-state index in [1.807, 2.05) is 30.3 Å². The Balaban J connectivity index is 2.41. The molecule has 0 aromatic heterocycles. The molecule has 1 heterocycles. The average Bonchev–Trinajstić information content (AvgIpc) is 2.43. The molecule has 1 saturated heterocycles. The van der Waals surface area contributed by atoms with Crippen LogP contribution in [0.1, 0.15) is 0 Å². The smallest absolute Gasteiger partial charge is 0.268 e. The van der Waals surface area contributed by atoms with Gasteiger partial charge in [0.1, 0.15) is 0 Å². The van der Waals surface area contributed by atoms with E-state index in [1.54, 1.807) is 0 Å². The van der Waals surface area contributed by atoms with E-state index in [1.165, 1.54) is 16.7 Å². The SMILES string of the molecule is C=C1SC(=S)N(c2ccccc2)C1=O. The lowest BCUT2D eigenvalue weighted by atomic mass is 10.3. The number of nitrogens with zero attached hydrogens (tertiary/aromatic N) is 1. The largest absolute Gasteiger partial charge is 0.270 e. The summed E-state index contributed by atoms with van der Waals surface area (Å²) >= 11 is 6.33. The van der Waals surface area contributed by atoms with E-state index in [2.05, 4.69) is 6.58 Å². The predicted molar refractivity (Wildman–Crippen MR) is 63.3 cm³/mol. The quantitative estimate of drug-likeness (QED) is 0.537. The summed E-state index contributed by atoms with van der Waals surface area (Å²) in [6.07, 6.45) is 0. The lowest BCUT2D eigenvalue weighted by molar-refractivity contribution is -0.113. The Bertz CT molecular complexity index is 413. The molecule has 14 heavy (non-hydrogen) atoms. The molecular weight excluding hydrogens is 214 g/mol. The molecule has 2 rings (SSSR count). The Kier molecular flexibility index (Phi) is 2.39. The Morgan fingerprint density at radius 1 is 1.29 bits per heavy atom. The second-order valence-corrected chi connectivity index (χ2v) is 4.50. The van der Waals surface area contributed by atoms with E-state index < -0.39 is 0 Å². The van der Waals surface area contributed by atoms with Gasteiger partial charge in [-0.1, -0.05) is 48.8 Å². The van der Waals surface area contributed by atoms with Crippen molar-refractivity contribution in [1.29, 1.82) is 0 Å². The summed E-state index contributed by atoms with van der Waals surface area (Å²) in [7, 11) is 0. The van der Waals surface area contributed by atoms with Gasteiger partial charge in [-0.05, 0) is 12.1 Å². The van der Waals surface area contributed by atoms with Crippen LogP contribution in [-0.4, -0.2) is 10.2 Å². The minimum absolute atomic E-state index is 0.119. The first-order valence-corrected chi connectivity index (χ1v) is 5.23. The van der Waals surface area contributed by atoms with Crippen molar-refractivity contribution in [3.8, 4) is 0 Å². The molecule has 70 valence electrons. The Labute approximate surface area is 91.6 Å². The van der Waals surface area contributed by atoms with Crippen molar-refractivity contribution >= 4 is 39.9 Å². The molecule has 0 spiro atoms. The lowest BCUT2D eigenvalue weighted by Crippen LogP contribution is -2.27. The molecule has 1 aliphatic heterocycles. The molecule has 1 amide bonds. The highest BCUT2D eigenvalue weighted by atomic mass is 32.2. The monoisotopic (exact) mass is 221 g/mol. The topological polar surface area (TPSA) is 20.3 Å². The van der Waals surface area contributed by atoms with Crippen LogP contribution < -0.4 is 4.90 Å². The van der Waals surface area contributed by atoms with Crippen LogP contribution in [0.25, 0.3) is 0 Å². The fourth-order valence-corrected chi connectivity index (χ4v) is 2.36. The number of hydrogen-bond acceptors (Lipinski definition) is 3. The Morgan fingerprint density at radius 2 is 1.93 bits per heavy atom. The molecule has 2 nitrogen and oxygen atoms in total. The predicted octanol–water partition coefficient (Wildman–Crippen LogP) is 2.57. The third kappa shape index (κ3) is 1.47. The summed E-state index contributed by atoms with van der Waals surface area (Å²) in [5.74, 6) is -0.119. The highest BCUT2D eigenvalue weighted by Crippen LogP contribution is 2.33. The summed E-state index contributed by atoms with van der Waals surface area (Å²) in [4.78, 5) is 13.6. The van der Waals surface area contributed by atoms with Gasteiger partial charge in [-0.25, -0.2) is 0 Å². The van der Waals surface area contributed by atoms with E-state index in [4.69, 9.17) is 12.2 Å². The summed E-state index contributed by atoms with van der Waals surface area (Å²) in [6, 6.07) is 9.34. The molecule has 0 radical (unpaired) electrons. The maximum atomic E-state index is 11.6. The van der Waals surface area contributed by atoms with Crippen LogP contribution in [0.3, 0.4) is 0 Å². The molecule has 0 N–H and O–H groups in total. The Morgan fingerprint density at radius 3 is 2.43 bits per heavy atom. The van der Waals surface area contributed by atoms with E-state index in [0.29, 0.717) is 9.23 Å². The third-order valence-electron chi connectivity index (χ3n) is 1.85. The number of carbonyl (C=O) groups is 1. The van der Waals surface area contributed by atoms with Crippen molar-refractivity contribution in [2.75, 3.05) is 4.90 Å². The summed E-state index contributed by atoms with van der Waals surface area (Å²) in [5.41, 5.74) is 0.800. The van der Waals surface area contributed by atoms with Crippen LogP contribution in [-0.2, 0) is 4.79 Å². The van der Waals surface area contributed by atoms with Crippen molar-refractivity contribution in [2.45, 2.75) is 0 Å². The highest BCUT2D eigenvalue weighted by molar-refractivity contribution is 8.27. The lowest BCUT2D eigenvalue weighted by Gasteiger charge is -2.13. The van der Waals surface area contributed by atoms with E-state index >= 15 is 0 Å². The third-order valence-corrected chi connectivity index (χ3v) is 3.06. The normalized spacial score (nSPS) is 16.6. The molecule has 0 atom stereocenters. The van der Waals surface area contributed by atoms with Gasteiger partial charge in [-0.2, -0.15) is 0 Å². The van der Waals surface area contributed by atoms with E-state index in [-0.39, 0.29) is 5.91 Å². The second kappa shape index (κ2) is 3.55. The van der Waals surface area contributed by atoms with E-state index in [0.717, 1.165) is 5.69 Å². The number of rotatable bonds is 1. The van der Waals surface area contributed by atoms with Gasteiger partial charge in [0.15, 0.2) is 4.32 Å². The van der Waals surface area contributed by atoms with Gasteiger partial charge in [0.2, 0.25) is 0 Å². The molecule has 4 heteroatoms. The van der Waals surface area contributed by atoms with Gasteiger partial charge >= 0.3 is 0 Å². The molecule has 0 aliphatic carbocycles. The van der Waals surface area contributed by atoms with Crippen molar-refractivity contribution < 1.29 is 4.79 Å². The first kappa shape index (κ1) is 9.43. The number of thiocarbonyl (C=S) groups is 1. The Hall–Kier alpha value is -1.13. The van der Waals surface area contributed by atoms with Crippen LogP contribution in [0.15, 0.2) is 41.8 Å². The first-order chi connectivity index (χ1) is 6.70. The van der Waals surface area contributed by atoms with Gasteiger partial charge in [0, 0.05) is 0 Å². The van der Waals surface area contributed by atoms with Gasteiger partial charge in [0.25, 0.3) is 5.91 Å². The molecule has 0 saturated carbocycles. The van der Waals surface area contributed by atoms with Crippen LogP contribution in [0, 0.1) is 0 Å². The summed E-state index contributed by atoms with van der Waals surface area (Å²) < 4.78 is 0.547. The number of thioether (sulfide) groups is 1. The molecule has 0 unspecified atom stereocenters. The first-order valence-electron chi connectivity index (χ1n) is 4.00. The number of carbonyl (C=O) groups excluding carboxylic acids is 1. The average molecular weight is 221 g/mol. The molecule has 1 fully saturated rings. The number of amides is 1. The van der Waals surface area contributed by atoms with Gasteiger partial charge in [-0.15, -0.1) is 0 Å². The number of hydrogen-bond donors (Lipinski definition) is 0. The highest BCUT2D eigenvalue weighted by Gasteiger charge is 2.31. The minimum atomic E-state index is -0.119. The molecule has 0 bridgehead atoms. The number of benzene rings is 1. The van der Waals surface area contributed by atoms with Crippen molar-refractivity contribution in [2.24, 2.45) is 0 Å². The van der Waals surface area contributed by atoms with Crippen molar-refractivity contribution in [3.05, 3.63) is 41.8 Å². The van der Waals surface area contributed by atoms with Crippen molar-refractivity contribution in [1.82, 2.24) is 0 Å². The maximum absolute atomic E-state index is 11.6. The zero-order valence-corrected chi connectivity index (χ0v) is 8.90. The van der Waals surface area contributed by atoms with Gasteiger partial charge in [-0.3, -0.25) is 9.69 Å². The maximum Gasteiger partial charge on any atom is 0.270 e. The zero-order valence-electron chi connectivity index (χ0n) is 7.27. The fourth-order valence-electron chi connectivity index (χ4n) is 1.20. The van der Waals surface area contributed by atoms with Crippen LogP contribution in [0.5, 0.6) is 0 Å². The standard InChI is InChI=1S/C10H7NOS2/c1-7-9(12)11(10(13)14-7)8-5-3-2-4-6-8/h2-6H,1H2. The summed E-state index contributed by atoms with van der Waals surface area (Å²) in [6.45, 7) is 3.65. The number of para-hydroxylation sites is 1. The van der Waals surface area contributed by atoms with Crippen LogP contribution >= 0.6 is 24.0 Å². The molecule has 1 aromatic carbocycles. The van der Waals surface area contributed by atoms with E-state index in [9.17, 15) is 4.79 Å². The van der Waals surface area contributed by atoms with Crippen molar-refractivity contribution in [3.63, 3.8) is 0 Å². The van der Waals surface area contributed by atoms with Gasteiger partial charge < -0.3 is 0 Å². The minimum Gasteiger partial charge on any atom is -0.268 e. The van der Waals surface area contributed by atoms with Crippen LogP contribution in [0.2, 0.25) is 0 Å². The summed E-state index contributed by atoms with van der Waals surface area (Å²) in [5, 5.41) is 0. The number of anilines is 1. The molecule has 1 aliphatic rings.